The number of carbonyl (C=O) groups is 4. The molecule has 0 aromatic rings. The molecular formula is C22H34O9Si2. The average Bonchev–Trinajstić information content (AvgIpc) is 3.16. The maximum atomic E-state index is 11.7. The smallest absolute Gasteiger partial charge is 0.303 e. The van der Waals surface area contributed by atoms with Crippen molar-refractivity contribution in [2.24, 2.45) is 0 Å². The van der Waals surface area contributed by atoms with Crippen molar-refractivity contribution in [3.63, 3.8) is 0 Å². The molecule has 2 aliphatic rings. The molecular weight excluding hydrogens is 464 g/mol. The Bertz CT molecular complexity index is 729. The molecule has 0 radical (unpaired) electrons. The van der Waals surface area contributed by atoms with Crippen LogP contribution in [-0.4, -0.2) is 64.9 Å². The van der Waals surface area contributed by atoms with E-state index in [4.69, 9.17) is 23.1 Å². The molecule has 0 bridgehead atoms. The van der Waals surface area contributed by atoms with E-state index in [9.17, 15) is 19.2 Å². The van der Waals surface area contributed by atoms with Gasteiger partial charge in [0.25, 0.3) is 0 Å². The fourth-order valence-electron chi connectivity index (χ4n) is 4.90. The molecule has 0 spiro atoms. The molecule has 0 aromatic carbocycles. The number of hydrogen-bond donors (Lipinski definition) is 0. The third-order valence-corrected chi connectivity index (χ3v) is 14.5. The van der Waals surface area contributed by atoms with Crippen LogP contribution < -0.4 is 0 Å². The highest BCUT2D eigenvalue weighted by molar-refractivity contribution is 6.86. The highest BCUT2D eigenvalue weighted by Gasteiger charge is 2.55. The summed E-state index contributed by atoms with van der Waals surface area (Å²) in [5, 5.41) is 0. The van der Waals surface area contributed by atoms with Crippen LogP contribution >= 0.6 is 0 Å². The van der Waals surface area contributed by atoms with Gasteiger partial charge in [-0.3, -0.25) is 19.2 Å². The van der Waals surface area contributed by atoms with Gasteiger partial charge in [-0.05, 0) is 50.5 Å². The van der Waals surface area contributed by atoms with Crippen LogP contribution in [0.4, 0.5) is 0 Å². The molecule has 184 valence electrons. The van der Waals surface area contributed by atoms with Crippen molar-refractivity contribution in [3.05, 3.63) is 24.3 Å². The maximum Gasteiger partial charge on any atom is 0.303 e. The summed E-state index contributed by atoms with van der Waals surface area (Å²) in [6, 6.07) is 0. The van der Waals surface area contributed by atoms with E-state index in [0.29, 0.717) is 0 Å². The van der Waals surface area contributed by atoms with Crippen LogP contribution in [0.2, 0.25) is 37.3 Å². The van der Waals surface area contributed by atoms with E-state index in [-0.39, 0.29) is 11.1 Å². The molecule has 0 heterocycles. The van der Waals surface area contributed by atoms with Gasteiger partial charge in [-0.25, -0.2) is 0 Å². The summed E-state index contributed by atoms with van der Waals surface area (Å²) in [7, 11) is -5.47. The van der Waals surface area contributed by atoms with Crippen LogP contribution in [0.1, 0.15) is 27.7 Å². The summed E-state index contributed by atoms with van der Waals surface area (Å²) >= 11 is 0. The number of esters is 4. The van der Waals surface area contributed by atoms with Gasteiger partial charge < -0.3 is 23.1 Å². The van der Waals surface area contributed by atoms with Gasteiger partial charge in [0.15, 0.2) is 16.6 Å². The van der Waals surface area contributed by atoms with Crippen LogP contribution in [0.3, 0.4) is 0 Å². The van der Waals surface area contributed by atoms with E-state index >= 15 is 0 Å². The van der Waals surface area contributed by atoms with E-state index in [1.807, 2.05) is 26.2 Å². The lowest BCUT2D eigenvalue weighted by molar-refractivity contribution is -0.149. The molecule has 0 aliphatic heterocycles. The van der Waals surface area contributed by atoms with Crippen molar-refractivity contribution in [2.75, 3.05) is 0 Å². The Kier molecular flexibility index (Phi) is 8.47. The van der Waals surface area contributed by atoms with Crippen LogP contribution in [0.5, 0.6) is 0 Å². The highest BCUT2D eigenvalue weighted by atomic mass is 28.4. The van der Waals surface area contributed by atoms with Gasteiger partial charge in [0, 0.05) is 27.7 Å². The Morgan fingerprint density at radius 3 is 0.909 bits per heavy atom. The van der Waals surface area contributed by atoms with Crippen molar-refractivity contribution in [1.82, 2.24) is 0 Å². The molecule has 9 nitrogen and oxygen atoms in total. The molecule has 33 heavy (non-hydrogen) atoms. The Morgan fingerprint density at radius 1 is 0.515 bits per heavy atom. The first kappa shape index (κ1) is 27.0. The van der Waals surface area contributed by atoms with E-state index < -0.39 is 64.9 Å². The van der Waals surface area contributed by atoms with Gasteiger partial charge in [-0.1, -0.05) is 0 Å². The first-order valence-corrected chi connectivity index (χ1v) is 16.9. The Labute approximate surface area is 196 Å². The molecule has 2 aliphatic carbocycles. The van der Waals surface area contributed by atoms with Gasteiger partial charge in [-0.15, -0.1) is 0 Å². The van der Waals surface area contributed by atoms with Crippen molar-refractivity contribution in [2.45, 2.75) is 89.4 Å². The molecule has 0 saturated heterocycles. The lowest BCUT2D eigenvalue weighted by atomic mass is 10.2. The van der Waals surface area contributed by atoms with E-state index in [1.165, 1.54) is 27.7 Å². The third kappa shape index (κ3) is 6.87. The average molecular weight is 499 g/mol. The van der Waals surface area contributed by atoms with Gasteiger partial charge in [0.05, 0.1) is 11.1 Å². The van der Waals surface area contributed by atoms with E-state index in [2.05, 4.69) is 0 Å². The zero-order chi connectivity index (χ0) is 25.1. The maximum absolute atomic E-state index is 11.7. The fraction of sp³-hybridized carbons (Fsp3) is 0.636. The van der Waals surface area contributed by atoms with Crippen LogP contribution in [-0.2, 0) is 42.2 Å². The predicted octanol–water partition coefficient (Wildman–Crippen LogP) is 3.02. The molecule has 0 amide bonds. The largest absolute Gasteiger partial charge is 0.458 e. The van der Waals surface area contributed by atoms with Gasteiger partial charge in [0.1, 0.15) is 24.4 Å². The van der Waals surface area contributed by atoms with Gasteiger partial charge in [-0.2, -0.15) is 0 Å². The minimum Gasteiger partial charge on any atom is -0.458 e. The zero-order valence-electron chi connectivity index (χ0n) is 20.4. The second-order valence-electron chi connectivity index (χ2n) is 9.43. The summed E-state index contributed by atoms with van der Waals surface area (Å²) in [6.07, 6.45) is 4.56. The summed E-state index contributed by atoms with van der Waals surface area (Å²) in [5.41, 5.74) is -0.739. The van der Waals surface area contributed by atoms with Crippen LogP contribution in [0.15, 0.2) is 24.3 Å². The standard InChI is InChI=1S/C22H34O9Si2/c1-13(23)27-17-9-10-18(28-14(2)24)21(17)32(5,6)31-33(7,8)22-19(29-15(3)25)11-12-20(22)30-16(4)26/h9-12,17-22H,1-8H3/t17-,18+,19-,20+,21?,22?. The summed E-state index contributed by atoms with van der Waals surface area (Å²) < 4.78 is 28.9. The minimum absolute atomic E-state index is 0.370. The van der Waals surface area contributed by atoms with E-state index in [0.717, 1.165) is 0 Å². The van der Waals surface area contributed by atoms with E-state index in [1.54, 1.807) is 24.3 Å². The highest BCUT2D eigenvalue weighted by Crippen LogP contribution is 2.45. The lowest BCUT2D eigenvalue weighted by Crippen LogP contribution is -2.57. The SMILES string of the molecule is CC(=O)O[C@H]1C=C[C@@H](OC(C)=O)C1[Si](C)(C)O[Si](C)(C)C1[C@@H](OC(C)=O)C=C[C@H]1OC(C)=O. The molecule has 6 atom stereocenters. The first-order chi connectivity index (χ1) is 15.1. The fourth-order valence-corrected chi connectivity index (χ4v) is 15.3. The third-order valence-electron chi connectivity index (χ3n) is 5.74. The quantitative estimate of drug-likeness (QED) is 0.215. The molecule has 0 aromatic heterocycles. The summed E-state index contributed by atoms with van der Waals surface area (Å²) in [6.45, 7) is 13.2. The Hall–Kier alpha value is -2.25. The number of hydrogen-bond acceptors (Lipinski definition) is 9. The topological polar surface area (TPSA) is 114 Å². The lowest BCUT2D eigenvalue weighted by Gasteiger charge is -2.45. The number of carbonyl (C=O) groups excluding carboxylic acids is 4. The molecule has 2 unspecified atom stereocenters. The van der Waals surface area contributed by atoms with Crippen molar-refractivity contribution >= 4 is 40.5 Å². The van der Waals surface area contributed by atoms with Gasteiger partial charge in [0.2, 0.25) is 0 Å². The zero-order valence-corrected chi connectivity index (χ0v) is 22.4. The number of rotatable bonds is 8. The van der Waals surface area contributed by atoms with Crippen molar-refractivity contribution in [1.29, 1.82) is 0 Å². The first-order valence-electron chi connectivity index (χ1n) is 10.9. The molecule has 2 rings (SSSR count). The Morgan fingerprint density at radius 2 is 0.727 bits per heavy atom. The predicted molar refractivity (Wildman–Crippen MR) is 124 cm³/mol. The molecule has 0 N–H and O–H groups in total. The molecule has 0 saturated carbocycles. The normalized spacial score (nSPS) is 29.0. The summed E-state index contributed by atoms with van der Waals surface area (Å²) in [4.78, 5) is 46.8. The molecule has 0 fully saturated rings. The second-order valence-corrected chi connectivity index (χ2v) is 18.0. The summed E-state index contributed by atoms with van der Waals surface area (Å²) in [5.74, 6) is -1.76. The van der Waals surface area contributed by atoms with Crippen LogP contribution in [0, 0.1) is 0 Å². The Balaban J connectivity index is 2.35. The minimum atomic E-state index is -2.74. The van der Waals surface area contributed by atoms with Gasteiger partial charge >= 0.3 is 23.9 Å². The number of ether oxygens (including phenoxy) is 4. The second kappa shape index (κ2) is 10.3. The monoisotopic (exact) mass is 498 g/mol. The van der Waals surface area contributed by atoms with Crippen LogP contribution in [0.25, 0.3) is 0 Å². The van der Waals surface area contributed by atoms with Crippen molar-refractivity contribution < 1.29 is 42.2 Å². The van der Waals surface area contributed by atoms with Crippen molar-refractivity contribution in [3.8, 4) is 0 Å². The molecule has 11 heteroatoms.